The molecule has 0 unspecified atom stereocenters. The summed E-state index contributed by atoms with van der Waals surface area (Å²) in [7, 11) is 2.05. The van der Waals surface area contributed by atoms with E-state index in [-0.39, 0.29) is 5.78 Å². The third-order valence-electron chi connectivity index (χ3n) is 4.58. The van der Waals surface area contributed by atoms with Crippen molar-refractivity contribution >= 4 is 29.0 Å². The second-order valence-electron chi connectivity index (χ2n) is 6.87. The summed E-state index contributed by atoms with van der Waals surface area (Å²) in [4.78, 5) is 15.2. The first-order chi connectivity index (χ1) is 13.6. The molecule has 0 aliphatic heterocycles. The number of benzene rings is 3. The Bertz CT molecular complexity index is 918. The van der Waals surface area contributed by atoms with Crippen molar-refractivity contribution in [2.45, 2.75) is 13.0 Å². The van der Waals surface area contributed by atoms with Crippen molar-refractivity contribution in [3.05, 3.63) is 107 Å². The first-order valence-corrected chi connectivity index (χ1v) is 9.78. The summed E-state index contributed by atoms with van der Waals surface area (Å²) in [6.45, 7) is 1.54. The minimum atomic E-state index is 0.140. The predicted octanol–water partition coefficient (Wildman–Crippen LogP) is 5.97. The Morgan fingerprint density at radius 3 is 2.14 bits per heavy atom. The molecule has 28 heavy (non-hydrogen) atoms. The Kier molecular flexibility index (Phi) is 7.18. The third kappa shape index (κ3) is 5.91. The highest BCUT2D eigenvalue weighted by atomic mass is 35.5. The van der Waals surface area contributed by atoms with Gasteiger partial charge in [-0.15, -0.1) is 0 Å². The van der Waals surface area contributed by atoms with E-state index in [4.69, 9.17) is 11.6 Å². The molecule has 3 aromatic carbocycles. The number of ketones is 1. The predicted molar refractivity (Wildman–Crippen MR) is 118 cm³/mol. The number of Topliss-reactive ketones (excluding diaryl/α,β-unsaturated/α-hetero) is 1. The highest BCUT2D eigenvalue weighted by Gasteiger charge is 2.13. The normalized spacial score (nSPS) is 11.6. The van der Waals surface area contributed by atoms with E-state index < -0.39 is 0 Å². The van der Waals surface area contributed by atoms with Gasteiger partial charge < -0.3 is 4.90 Å². The molecule has 0 heterocycles. The van der Waals surface area contributed by atoms with Crippen molar-refractivity contribution in [1.29, 1.82) is 0 Å². The zero-order valence-electron chi connectivity index (χ0n) is 16.0. The Morgan fingerprint density at radius 1 is 0.893 bits per heavy atom. The van der Waals surface area contributed by atoms with Crippen LogP contribution in [0.15, 0.2) is 84.9 Å². The summed E-state index contributed by atoms with van der Waals surface area (Å²) in [5, 5.41) is 0.687. The minimum Gasteiger partial charge on any atom is -0.302 e. The molecule has 0 saturated carbocycles. The Labute approximate surface area is 172 Å². The van der Waals surface area contributed by atoms with Gasteiger partial charge in [0.15, 0.2) is 5.78 Å². The van der Waals surface area contributed by atoms with Crippen molar-refractivity contribution in [3.63, 3.8) is 0 Å². The molecular formula is C25H24ClNO. The second-order valence-corrected chi connectivity index (χ2v) is 7.31. The summed E-state index contributed by atoms with van der Waals surface area (Å²) in [6.07, 6.45) is 2.42. The average Bonchev–Trinajstić information content (AvgIpc) is 2.73. The number of carbonyl (C=O) groups is 1. The van der Waals surface area contributed by atoms with Crippen LogP contribution in [0.5, 0.6) is 0 Å². The fourth-order valence-corrected chi connectivity index (χ4v) is 3.20. The van der Waals surface area contributed by atoms with E-state index in [2.05, 4.69) is 17.0 Å². The lowest BCUT2D eigenvalue weighted by molar-refractivity contribution is -0.114. The van der Waals surface area contributed by atoms with E-state index in [1.807, 2.05) is 85.9 Å². The summed E-state index contributed by atoms with van der Waals surface area (Å²) in [5.41, 5.74) is 3.89. The number of hydrogen-bond donors (Lipinski definition) is 0. The summed E-state index contributed by atoms with van der Waals surface area (Å²) in [6, 6.07) is 27.7. The molecule has 0 aliphatic carbocycles. The van der Waals surface area contributed by atoms with E-state index in [9.17, 15) is 4.79 Å². The van der Waals surface area contributed by atoms with Gasteiger partial charge >= 0.3 is 0 Å². The van der Waals surface area contributed by atoms with E-state index in [0.717, 1.165) is 23.2 Å². The van der Waals surface area contributed by atoms with Crippen molar-refractivity contribution in [3.8, 4) is 0 Å². The molecule has 0 atom stereocenters. The zero-order valence-corrected chi connectivity index (χ0v) is 16.8. The topological polar surface area (TPSA) is 20.3 Å². The van der Waals surface area contributed by atoms with Gasteiger partial charge in [-0.2, -0.15) is 0 Å². The van der Waals surface area contributed by atoms with E-state index >= 15 is 0 Å². The third-order valence-corrected chi connectivity index (χ3v) is 4.83. The molecule has 3 aromatic rings. The first kappa shape index (κ1) is 20.1. The molecule has 0 fully saturated rings. The zero-order chi connectivity index (χ0) is 19.8. The molecule has 3 rings (SSSR count). The maximum atomic E-state index is 13.1. The quantitative estimate of drug-likeness (QED) is 0.349. The summed E-state index contributed by atoms with van der Waals surface area (Å²) >= 11 is 5.99. The Morgan fingerprint density at radius 2 is 1.50 bits per heavy atom. The fourth-order valence-electron chi connectivity index (χ4n) is 3.07. The van der Waals surface area contributed by atoms with Gasteiger partial charge in [0.1, 0.15) is 0 Å². The van der Waals surface area contributed by atoms with Crippen LogP contribution >= 0.6 is 11.6 Å². The largest absolute Gasteiger partial charge is 0.302 e. The van der Waals surface area contributed by atoms with Crippen LogP contribution in [-0.2, 0) is 11.3 Å². The first-order valence-electron chi connectivity index (χ1n) is 9.40. The standard InChI is InChI=1S/C25H24ClNO/c1-27(19-21-8-4-2-5-9-21)17-16-25(28)24(22-10-6-3-7-11-22)18-20-12-14-23(26)15-13-20/h2-15,18H,16-17,19H2,1H3/b24-18+. The van der Waals surface area contributed by atoms with Crippen LogP contribution in [0.3, 0.4) is 0 Å². The molecule has 2 nitrogen and oxygen atoms in total. The molecule has 0 amide bonds. The molecule has 0 aliphatic rings. The average molecular weight is 390 g/mol. The maximum absolute atomic E-state index is 13.1. The minimum absolute atomic E-state index is 0.140. The number of allylic oxidation sites excluding steroid dienone is 1. The number of nitrogens with zero attached hydrogens (tertiary/aromatic N) is 1. The number of hydrogen-bond acceptors (Lipinski definition) is 2. The lowest BCUT2D eigenvalue weighted by Gasteiger charge is -2.17. The van der Waals surface area contributed by atoms with Gasteiger partial charge in [-0.25, -0.2) is 0 Å². The van der Waals surface area contributed by atoms with E-state index in [0.29, 0.717) is 18.0 Å². The fraction of sp³-hybridized carbons (Fsp3) is 0.160. The summed E-state index contributed by atoms with van der Waals surface area (Å²) in [5.74, 6) is 0.140. The molecule has 0 N–H and O–H groups in total. The van der Waals surface area contributed by atoms with Crippen LogP contribution < -0.4 is 0 Å². The van der Waals surface area contributed by atoms with Crippen molar-refractivity contribution in [2.24, 2.45) is 0 Å². The van der Waals surface area contributed by atoms with Gasteiger partial charge in [0.05, 0.1) is 0 Å². The SMILES string of the molecule is CN(CCC(=O)/C(=C/c1ccc(Cl)cc1)c1ccccc1)Cc1ccccc1. The number of halogens is 1. The molecule has 0 saturated heterocycles. The van der Waals surface area contributed by atoms with Crippen LogP contribution in [0, 0.1) is 0 Å². The molecule has 0 spiro atoms. The lowest BCUT2D eigenvalue weighted by Crippen LogP contribution is -2.21. The molecule has 0 bridgehead atoms. The van der Waals surface area contributed by atoms with Gasteiger partial charge in [0.2, 0.25) is 0 Å². The van der Waals surface area contributed by atoms with Gasteiger partial charge in [0, 0.05) is 30.1 Å². The summed E-state index contributed by atoms with van der Waals surface area (Å²) < 4.78 is 0. The van der Waals surface area contributed by atoms with Gasteiger partial charge in [-0.05, 0) is 41.9 Å². The Balaban J connectivity index is 1.72. The monoisotopic (exact) mass is 389 g/mol. The van der Waals surface area contributed by atoms with Crippen molar-refractivity contribution in [1.82, 2.24) is 4.90 Å². The highest BCUT2D eigenvalue weighted by molar-refractivity contribution is 6.30. The second kappa shape index (κ2) is 10.0. The van der Waals surface area contributed by atoms with Crippen LogP contribution in [0.2, 0.25) is 5.02 Å². The molecule has 142 valence electrons. The smallest absolute Gasteiger partial charge is 0.164 e. The number of rotatable bonds is 8. The molecule has 0 radical (unpaired) electrons. The van der Waals surface area contributed by atoms with Crippen molar-refractivity contribution < 1.29 is 4.79 Å². The van der Waals surface area contributed by atoms with Gasteiger partial charge in [-0.1, -0.05) is 84.4 Å². The van der Waals surface area contributed by atoms with Crippen LogP contribution in [0.4, 0.5) is 0 Å². The molecule has 0 aromatic heterocycles. The Hall–Kier alpha value is -2.68. The van der Waals surface area contributed by atoms with Crippen molar-refractivity contribution in [2.75, 3.05) is 13.6 Å². The lowest BCUT2D eigenvalue weighted by atomic mass is 9.97. The van der Waals surface area contributed by atoms with Crippen LogP contribution in [0.1, 0.15) is 23.1 Å². The van der Waals surface area contributed by atoms with Crippen LogP contribution in [-0.4, -0.2) is 24.3 Å². The maximum Gasteiger partial charge on any atom is 0.164 e. The van der Waals surface area contributed by atoms with Crippen LogP contribution in [0.25, 0.3) is 11.6 Å². The van der Waals surface area contributed by atoms with E-state index in [1.165, 1.54) is 5.56 Å². The molecule has 3 heteroatoms. The van der Waals surface area contributed by atoms with E-state index in [1.54, 1.807) is 0 Å². The van der Waals surface area contributed by atoms with Gasteiger partial charge in [-0.3, -0.25) is 4.79 Å². The highest BCUT2D eigenvalue weighted by Crippen LogP contribution is 2.22. The number of carbonyl (C=O) groups excluding carboxylic acids is 1. The van der Waals surface area contributed by atoms with Gasteiger partial charge in [0.25, 0.3) is 0 Å². The molecular weight excluding hydrogens is 366 g/mol.